The van der Waals surface area contributed by atoms with Crippen molar-refractivity contribution in [3.63, 3.8) is 0 Å². The number of hydrogen-bond donors (Lipinski definition) is 5. The average molecular weight is 568 g/mol. The first-order chi connectivity index (χ1) is 18.8. The molecule has 0 radical (unpaired) electrons. The molecule has 0 saturated carbocycles. The minimum atomic E-state index is -1.34. The first-order valence-electron chi connectivity index (χ1n) is 15.2. The number of thioether (sulfide) groups is 1. The molecular formula is C29H49N3O6S. The number of fused-ring (bicyclic) bond motifs is 3. The summed E-state index contributed by atoms with van der Waals surface area (Å²) < 4.78 is 12.5. The molecule has 39 heavy (non-hydrogen) atoms. The maximum Gasteiger partial charge on any atom is 0.240 e. The maximum atomic E-state index is 13.6. The van der Waals surface area contributed by atoms with E-state index in [1.807, 2.05) is 0 Å². The lowest BCUT2D eigenvalue weighted by atomic mass is 9.85. The maximum absolute atomic E-state index is 13.6. The lowest BCUT2D eigenvalue weighted by Crippen LogP contribution is -2.64. The van der Waals surface area contributed by atoms with Crippen molar-refractivity contribution in [2.45, 2.75) is 112 Å². The Morgan fingerprint density at radius 3 is 2.64 bits per heavy atom. The molecule has 9 nitrogen and oxygen atoms in total. The normalized spacial score (nSPS) is 44.5. The number of amides is 1. The summed E-state index contributed by atoms with van der Waals surface area (Å²) in [4.78, 5) is 16.1. The number of allylic oxidation sites excluding steroid dienone is 1. The number of nitrogens with zero attached hydrogens (tertiary/aromatic N) is 1. The first kappa shape index (κ1) is 29.8. The second-order valence-electron chi connectivity index (χ2n) is 12.8. The zero-order valence-electron chi connectivity index (χ0n) is 23.5. The molecule has 0 aromatic carbocycles. The van der Waals surface area contributed by atoms with Crippen molar-refractivity contribution in [3.8, 4) is 0 Å². The summed E-state index contributed by atoms with van der Waals surface area (Å²) in [5, 5.41) is 39.3. The largest absolute Gasteiger partial charge is 0.388 e. The van der Waals surface area contributed by atoms with Crippen LogP contribution in [-0.4, -0.2) is 112 Å². The summed E-state index contributed by atoms with van der Waals surface area (Å²) in [7, 11) is 0. The van der Waals surface area contributed by atoms with Gasteiger partial charge in [0, 0.05) is 24.9 Å². The summed E-state index contributed by atoms with van der Waals surface area (Å²) in [5.74, 6) is 1.41. The van der Waals surface area contributed by atoms with Gasteiger partial charge in [-0.25, -0.2) is 0 Å². The lowest BCUT2D eigenvalue weighted by Gasteiger charge is -2.44. The topological polar surface area (TPSA) is 124 Å². The van der Waals surface area contributed by atoms with Crippen LogP contribution in [0.15, 0.2) is 12.2 Å². The average Bonchev–Trinajstić information content (AvgIpc) is 3.51. The van der Waals surface area contributed by atoms with E-state index in [0.29, 0.717) is 30.8 Å². The quantitative estimate of drug-likeness (QED) is 0.302. The highest BCUT2D eigenvalue weighted by molar-refractivity contribution is 8.00. The van der Waals surface area contributed by atoms with Crippen LogP contribution in [0.4, 0.5) is 0 Å². The van der Waals surface area contributed by atoms with Gasteiger partial charge in [-0.05, 0) is 75.8 Å². The number of carbonyl (C=O) groups is 1. The van der Waals surface area contributed by atoms with Gasteiger partial charge in [-0.1, -0.05) is 26.0 Å². The third-order valence-corrected chi connectivity index (χ3v) is 10.6. The number of nitrogens with one attached hydrogen (secondary N) is 2. The fraction of sp³-hybridized carbons (Fsp3) is 0.897. The molecule has 4 saturated heterocycles. The van der Waals surface area contributed by atoms with Gasteiger partial charge in [-0.2, -0.15) is 0 Å². The number of carbonyl (C=O) groups excluding carboxylic acids is 1. The molecule has 4 fully saturated rings. The Kier molecular flexibility index (Phi) is 10.3. The second kappa shape index (κ2) is 13.5. The van der Waals surface area contributed by atoms with Gasteiger partial charge in [0.05, 0.1) is 12.1 Å². The predicted octanol–water partition coefficient (Wildman–Crippen LogP) is 1.26. The fourth-order valence-corrected chi connectivity index (χ4v) is 8.66. The van der Waals surface area contributed by atoms with Crippen LogP contribution in [0.1, 0.15) is 58.8 Å². The Morgan fingerprint density at radius 1 is 1.10 bits per heavy atom. The second-order valence-corrected chi connectivity index (χ2v) is 14.2. The van der Waals surface area contributed by atoms with Crippen LogP contribution in [0.5, 0.6) is 0 Å². The summed E-state index contributed by atoms with van der Waals surface area (Å²) in [6.45, 7) is 9.02. The van der Waals surface area contributed by atoms with Gasteiger partial charge in [-0.15, -0.1) is 11.8 Å². The molecule has 0 aromatic heterocycles. The summed E-state index contributed by atoms with van der Waals surface area (Å²) >= 11 is 1.53. The summed E-state index contributed by atoms with van der Waals surface area (Å²) in [5.41, 5.74) is -0.677. The molecule has 5 aliphatic heterocycles. The van der Waals surface area contributed by atoms with E-state index in [4.69, 9.17) is 9.47 Å². The van der Waals surface area contributed by atoms with Crippen molar-refractivity contribution in [1.29, 1.82) is 0 Å². The predicted molar refractivity (Wildman–Crippen MR) is 151 cm³/mol. The van der Waals surface area contributed by atoms with Crippen LogP contribution in [0, 0.1) is 17.8 Å². The van der Waals surface area contributed by atoms with E-state index in [1.165, 1.54) is 31.0 Å². The van der Waals surface area contributed by atoms with Crippen LogP contribution in [0.25, 0.3) is 0 Å². The van der Waals surface area contributed by atoms with Crippen LogP contribution >= 0.6 is 11.8 Å². The Hall–Kier alpha value is -0.720. The molecule has 5 rings (SSSR count). The number of likely N-dealkylation sites (tertiary alicyclic amines) is 1. The molecule has 0 aromatic rings. The van der Waals surface area contributed by atoms with Crippen molar-refractivity contribution in [2.75, 3.05) is 32.8 Å². The molecule has 11 atom stereocenters. The van der Waals surface area contributed by atoms with E-state index < -0.39 is 41.9 Å². The Balaban J connectivity index is 1.26. The van der Waals surface area contributed by atoms with Crippen LogP contribution in [0.3, 0.4) is 0 Å². The highest BCUT2D eigenvalue weighted by Crippen LogP contribution is 2.36. The Bertz CT molecular complexity index is 842. The van der Waals surface area contributed by atoms with E-state index in [0.717, 1.165) is 45.4 Å². The van der Waals surface area contributed by atoms with E-state index in [-0.39, 0.29) is 17.3 Å². The smallest absolute Gasteiger partial charge is 0.240 e. The highest BCUT2D eigenvalue weighted by Gasteiger charge is 2.49. The van der Waals surface area contributed by atoms with Gasteiger partial charge < -0.3 is 40.3 Å². The zero-order valence-corrected chi connectivity index (χ0v) is 24.3. The van der Waals surface area contributed by atoms with Gasteiger partial charge >= 0.3 is 0 Å². The highest BCUT2D eigenvalue weighted by atomic mass is 32.2. The van der Waals surface area contributed by atoms with Gasteiger partial charge in [0.1, 0.15) is 35.9 Å². The summed E-state index contributed by atoms with van der Waals surface area (Å²) in [6.07, 6.45) is 6.37. The molecule has 5 heterocycles. The molecule has 222 valence electrons. The number of aliphatic hydroxyl groups is 3. The third-order valence-electron chi connectivity index (χ3n) is 9.23. The number of aliphatic hydroxyl groups excluding tert-OH is 3. The van der Waals surface area contributed by atoms with Crippen molar-refractivity contribution in [2.24, 2.45) is 17.8 Å². The molecular weight excluding hydrogens is 518 g/mol. The van der Waals surface area contributed by atoms with Crippen molar-refractivity contribution < 1.29 is 29.6 Å². The zero-order chi connectivity index (χ0) is 27.5. The van der Waals surface area contributed by atoms with Crippen molar-refractivity contribution >= 4 is 17.7 Å². The molecule has 5 aliphatic rings. The number of hydrogen-bond acceptors (Lipinski definition) is 9. The third kappa shape index (κ3) is 7.20. The van der Waals surface area contributed by atoms with E-state index in [1.54, 1.807) is 0 Å². The molecule has 1 amide bonds. The minimum absolute atomic E-state index is 0.159. The van der Waals surface area contributed by atoms with Gasteiger partial charge in [0.25, 0.3) is 0 Å². The molecule has 0 aliphatic carbocycles. The molecule has 10 heteroatoms. The SMILES string of the molecule is CC(C)C[C@@H]1CCO[C@@H]2[C@H](CN[C@@H]2C(=O)N[C@@H]2C/C=C\C[C@@H](CN3CCCC3)SC3OC2C(O)C(O)C3O)C1. The number of ether oxygens (including phenoxy) is 2. The van der Waals surface area contributed by atoms with Crippen molar-refractivity contribution in [1.82, 2.24) is 15.5 Å². The monoisotopic (exact) mass is 567 g/mol. The van der Waals surface area contributed by atoms with E-state index in [9.17, 15) is 20.1 Å². The van der Waals surface area contributed by atoms with Gasteiger partial charge in [0.2, 0.25) is 5.91 Å². The van der Waals surface area contributed by atoms with E-state index >= 15 is 0 Å². The molecule has 0 spiro atoms. The minimum Gasteiger partial charge on any atom is -0.388 e. The fourth-order valence-electron chi connectivity index (χ4n) is 7.25. The lowest BCUT2D eigenvalue weighted by molar-refractivity contribution is -0.205. The summed E-state index contributed by atoms with van der Waals surface area (Å²) in [6, 6.07) is -0.997. The Labute approximate surface area is 237 Å². The standard InChI is InChI=1S/C29H49N3O6S/c1-17(2)13-18-9-12-37-26-19(14-18)15-30-22(26)28(36)31-21-8-4-3-7-20(16-32-10-5-6-11-32)39-29-25(35)23(33)24(34)27(21)38-29/h3-4,17-27,29-30,33-35H,5-16H2,1-2H3,(H,31,36)/b4-3-/t18-,19-,20-,21+,22-,23?,24?,25?,26+,27?,29?/m0/s1. The van der Waals surface area contributed by atoms with Crippen LogP contribution in [-0.2, 0) is 14.3 Å². The number of rotatable bonds is 6. The molecule has 2 bridgehead atoms. The van der Waals surface area contributed by atoms with E-state index in [2.05, 4.69) is 41.5 Å². The van der Waals surface area contributed by atoms with Crippen LogP contribution in [0.2, 0.25) is 0 Å². The van der Waals surface area contributed by atoms with Gasteiger partial charge in [-0.3, -0.25) is 4.79 Å². The first-order valence-corrected chi connectivity index (χ1v) is 16.1. The van der Waals surface area contributed by atoms with Gasteiger partial charge in [0.15, 0.2) is 0 Å². The molecule has 5 unspecified atom stereocenters. The van der Waals surface area contributed by atoms with Crippen molar-refractivity contribution in [3.05, 3.63) is 12.2 Å². The molecule has 5 N–H and O–H groups in total. The van der Waals surface area contributed by atoms with Crippen LogP contribution < -0.4 is 10.6 Å². The Morgan fingerprint density at radius 2 is 1.87 bits per heavy atom.